The third-order valence-electron chi connectivity index (χ3n) is 2.41. The van der Waals surface area contributed by atoms with Crippen molar-refractivity contribution in [3.8, 4) is 5.75 Å². The van der Waals surface area contributed by atoms with Gasteiger partial charge in [0.15, 0.2) is 0 Å². The number of thiophene rings is 1. The SMILES string of the molecule is CCc1ccc(COc2ccc(CO)nc2)s1. The van der Waals surface area contributed by atoms with Gasteiger partial charge in [-0.05, 0) is 30.7 Å². The molecule has 3 nitrogen and oxygen atoms in total. The first kappa shape index (κ1) is 12.1. The van der Waals surface area contributed by atoms with Gasteiger partial charge in [-0.15, -0.1) is 11.3 Å². The van der Waals surface area contributed by atoms with Crippen LogP contribution in [0.25, 0.3) is 0 Å². The van der Waals surface area contributed by atoms with Crippen molar-refractivity contribution < 1.29 is 9.84 Å². The van der Waals surface area contributed by atoms with Crippen LogP contribution in [-0.4, -0.2) is 10.1 Å². The zero-order valence-corrected chi connectivity index (χ0v) is 10.5. The molecule has 1 N–H and O–H groups in total. The molecule has 0 aliphatic rings. The molecule has 0 radical (unpaired) electrons. The van der Waals surface area contributed by atoms with Crippen LogP contribution in [0.2, 0.25) is 0 Å². The van der Waals surface area contributed by atoms with Crippen LogP contribution in [0, 0.1) is 0 Å². The van der Waals surface area contributed by atoms with Gasteiger partial charge in [0.2, 0.25) is 0 Å². The maximum atomic E-state index is 8.86. The van der Waals surface area contributed by atoms with Crippen molar-refractivity contribution >= 4 is 11.3 Å². The fraction of sp³-hybridized carbons (Fsp3) is 0.308. The van der Waals surface area contributed by atoms with Gasteiger partial charge in [-0.2, -0.15) is 0 Å². The van der Waals surface area contributed by atoms with Gasteiger partial charge in [-0.3, -0.25) is 4.98 Å². The molecule has 0 spiro atoms. The van der Waals surface area contributed by atoms with E-state index >= 15 is 0 Å². The molecule has 0 aliphatic carbocycles. The Balaban J connectivity index is 1.92. The maximum absolute atomic E-state index is 8.86. The number of nitrogens with zero attached hydrogens (tertiary/aromatic N) is 1. The highest BCUT2D eigenvalue weighted by atomic mass is 32.1. The van der Waals surface area contributed by atoms with Gasteiger partial charge in [-0.1, -0.05) is 6.92 Å². The summed E-state index contributed by atoms with van der Waals surface area (Å²) in [6, 6.07) is 7.82. The van der Waals surface area contributed by atoms with Gasteiger partial charge in [-0.25, -0.2) is 0 Å². The Kier molecular flexibility index (Phi) is 4.12. The minimum Gasteiger partial charge on any atom is -0.486 e. The lowest BCUT2D eigenvalue weighted by molar-refractivity contribution is 0.275. The van der Waals surface area contributed by atoms with Gasteiger partial charge >= 0.3 is 0 Å². The zero-order valence-electron chi connectivity index (χ0n) is 9.72. The van der Waals surface area contributed by atoms with Crippen molar-refractivity contribution in [3.63, 3.8) is 0 Å². The third kappa shape index (κ3) is 3.28. The predicted molar refractivity (Wildman–Crippen MR) is 68.2 cm³/mol. The van der Waals surface area contributed by atoms with Crippen LogP contribution in [0.4, 0.5) is 0 Å². The van der Waals surface area contributed by atoms with E-state index in [0.717, 1.165) is 12.2 Å². The second-order valence-electron chi connectivity index (χ2n) is 3.65. The second kappa shape index (κ2) is 5.80. The van der Waals surface area contributed by atoms with Gasteiger partial charge in [0.25, 0.3) is 0 Å². The highest BCUT2D eigenvalue weighted by Gasteiger charge is 2.00. The van der Waals surface area contributed by atoms with E-state index in [1.165, 1.54) is 9.75 Å². The number of aryl methyl sites for hydroxylation is 1. The van der Waals surface area contributed by atoms with E-state index in [9.17, 15) is 0 Å². The van der Waals surface area contributed by atoms with Crippen molar-refractivity contribution in [3.05, 3.63) is 45.9 Å². The van der Waals surface area contributed by atoms with Crippen LogP contribution in [-0.2, 0) is 19.6 Å². The predicted octanol–water partition coefficient (Wildman–Crippen LogP) is 2.78. The summed E-state index contributed by atoms with van der Waals surface area (Å²) in [6.45, 7) is 2.68. The molecule has 4 heteroatoms. The maximum Gasteiger partial charge on any atom is 0.138 e. The number of aliphatic hydroxyl groups excluding tert-OH is 1. The van der Waals surface area contributed by atoms with Crippen molar-refractivity contribution in [2.45, 2.75) is 26.6 Å². The molecule has 0 fully saturated rings. The Labute approximate surface area is 105 Å². The quantitative estimate of drug-likeness (QED) is 0.886. The average molecular weight is 249 g/mol. The van der Waals surface area contributed by atoms with Crippen LogP contribution < -0.4 is 4.74 Å². The fourth-order valence-electron chi connectivity index (χ4n) is 1.43. The van der Waals surface area contributed by atoms with Gasteiger partial charge in [0, 0.05) is 9.75 Å². The number of aliphatic hydroxyl groups is 1. The third-order valence-corrected chi connectivity index (χ3v) is 3.61. The summed E-state index contributed by atoms with van der Waals surface area (Å²) < 4.78 is 5.62. The normalized spacial score (nSPS) is 10.5. The molecule has 2 aromatic rings. The minimum absolute atomic E-state index is 0.0366. The Bertz CT molecular complexity index is 465. The standard InChI is InChI=1S/C13H15NO2S/c1-2-12-5-6-13(17-12)9-16-11-4-3-10(8-15)14-7-11/h3-7,15H,2,8-9H2,1H3. The molecule has 2 rings (SSSR count). The molecule has 0 aromatic carbocycles. The highest BCUT2D eigenvalue weighted by Crippen LogP contribution is 2.19. The number of hydrogen-bond acceptors (Lipinski definition) is 4. The molecule has 0 saturated carbocycles. The first-order valence-electron chi connectivity index (χ1n) is 5.58. The molecule has 2 aromatic heterocycles. The van der Waals surface area contributed by atoms with Gasteiger partial charge < -0.3 is 9.84 Å². The van der Waals surface area contributed by atoms with Gasteiger partial charge in [0.1, 0.15) is 12.4 Å². The zero-order chi connectivity index (χ0) is 12.1. The lowest BCUT2D eigenvalue weighted by atomic mass is 10.3. The minimum atomic E-state index is -0.0366. The van der Waals surface area contributed by atoms with E-state index in [-0.39, 0.29) is 6.61 Å². The van der Waals surface area contributed by atoms with Crippen molar-refractivity contribution in [2.75, 3.05) is 0 Å². The number of ether oxygens (including phenoxy) is 1. The van der Waals surface area contributed by atoms with Crippen LogP contribution >= 0.6 is 11.3 Å². The number of pyridine rings is 1. The van der Waals surface area contributed by atoms with E-state index in [0.29, 0.717) is 12.3 Å². The molecule has 2 heterocycles. The Morgan fingerprint density at radius 2 is 2.06 bits per heavy atom. The van der Waals surface area contributed by atoms with Crippen molar-refractivity contribution in [2.24, 2.45) is 0 Å². The molecule has 0 aliphatic heterocycles. The monoisotopic (exact) mass is 249 g/mol. The van der Waals surface area contributed by atoms with Crippen molar-refractivity contribution in [1.29, 1.82) is 0 Å². The fourth-order valence-corrected chi connectivity index (χ4v) is 2.31. The second-order valence-corrected chi connectivity index (χ2v) is 4.91. The molecule has 0 unspecified atom stereocenters. The summed E-state index contributed by atoms with van der Waals surface area (Å²) in [5.74, 6) is 0.730. The summed E-state index contributed by atoms with van der Waals surface area (Å²) in [5, 5.41) is 8.86. The first-order valence-corrected chi connectivity index (χ1v) is 6.39. The molecule has 0 atom stereocenters. The Hall–Kier alpha value is -1.39. The van der Waals surface area contributed by atoms with E-state index in [4.69, 9.17) is 9.84 Å². The summed E-state index contributed by atoms with van der Waals surface area (Å²) in [5.41, 5.74) is 0.654. The van der Waals surface area contributed by atoms with Crippen LogP contribution in [0.5, 0.6) is 5.75 Å². The summed E-state index contributed by atoms with van der Waals surface area (Å²) >= 11 is 1.77. The highest BCUT2D eigenvalue weighted by molar-refractivity contribution is 7.11. The lowest BCUT2D eigenvalue weighted by Crippen LogP contribution is -1.95. The molecule has 0 amide bonds. The molecular weight excluding hydrogens is 234 g/mol. The number of rotatable bonds is 5. The summed E-state index contributed by atoms with van der Waals surface area (Å²) in [4.78, 5) is 6.65. The van der Waals surface area contributed by atoms with E-state index in [2.05, 4.69) is 24.0 Å². The molecule has 0 saturated heterocycles. The topological polar surface area (TPSA) is 42.4 Å². The Morgan fingerprint density at radius 1 is 1.24 bits per heavy atom. The van der Waals surface area contributed by atoms with Crippen LogP contribution in [0.1, 0.15) is 22.4 Å². The number of hydrogen-bond donors (Lipinski definition) is 1. The van der Waals surface area contributed by atoms with Crippen LogP contribution in [0.15, 0.2) is 30.5 Å². The molecule has 17 heavy (non-hydrogen) atoms. The smallest absolute Gasteiger partial charge is 0.138 e. The molecular formula is C13H15NO2S. The van der Waals surface area contributed by atoms with E-state index < -0.39 is 0 Å². The Morgan fingerprint density at radius 3 is 2.65 bits per heavy atom. The van der Waals surface area contributed by atoms with E-state index in [1.54, 1.807) is 23.6 Å². The molecule has 0 bridgehead atoms. The average Bonchev–Trinajstić information content (AvgIpc) is 2.85. The molecule has 90 valence electrons. The van der Waals surface area contributed by atoms with Crippen LogP contribution in [0.3, 0.4) is 0 Å². The lowest BCUT2D eigenvalue weighted by Gasteiger charge is -2.04. The summed E-state index contributed by atoms with van der Waals surface area (Å²) in [6.07, 6.45) is 2.71. The first-order chi connectivity index (χ1) is 8.31. The van der Waals surface area contributed by atoms with Gasteiger partial charge in [0.05, 0.1) is 18.5 Å². The largest absolute Gasteiger partial charge is 0.486 e. The summed E-state index contributed by atoms with van der Waals surface area (Å²) in [7, 11) is 0. The van der Waals surface area contributed by atoms with Crippen molar-refractivity contribution in [1.82, 2.24) is 4.98 Å². The van der Waals surface area contributed by atoms with E-state index in [1.807, 2.05) is 6.07 Å². The number of aromatic nitrogens is 1.